The highest BCUT2D eigenvalue weighted by Gasteiger charge is 2.16. The summed E-state index contributed by atoms with van der Waals surface area (Å²) < 4.78 is 0. The summed E-state index contributed by atoms with van der Waals surface area (Å²) in [5, 5.41) is 6.79. The van der Waals surface area contributed by atoms with Crippen molar-refractivity contribution in [3.63, 3.8) is 0 Å². The fourth-order valence-corrected chi connectivity index (χ4v) is 3.96. The van der Waals surface area contributed by atoms with Crippen molar-refractivity contribution < 1.29 is 0 Å². The molecule has 0 bridgehead atoms. The molecule has 17 heavy (non-hydrogen) atoms. The lowest BCUT2D eigenvalue weighted by molar-refractivity contribution is 0.754. The van der Waals surface area contributed by atoms with Crippen LogP contribution in [0, 0.1) is 6.92 Å². The average Bonchev–Trinajstić information content (AvgIpc) is 2.99. The van der Waals surface area contributed by atoms with Crippen LogP contribution >= 0.6 is 22.7 Å². The van der Waals surface area contributed by atoms with Gasteiger partial charge in [-0.2, -0.15) is 0 Å². The molecule has 0 aliphatic heterocycles. The minimum absolute atomic E-state index is 0.652. The largest absolute Gasteiger partial charge is 0.359 e. The Morgan fingerprint density at radius 2 is 2.12 bits per heavy atom. The van der Waals surface area contributed by atoms with E-state index in [2.05, 4.69) is 34.7 Å². The monoisotopic (exact) mass is 264 g/mol. The van der Waals surface area contributed by atoms with Crippen molar-refractivity contribution in [1.29, 1.82) is 0 Å². The normalized spacial score (nSPS) is 16.5. The van der Waals surface area contributed by atoms with E-state index in [0.717, 1.165) is 10.8 Å². The number of rotatable bonds is 3. The summed E-state index contributed by atoms with van der Waals surface area (Å²) in [4.78, 5) is 7.30. The van der Waals surface area contributed by atoms with E-state index in [1.807, 2.05) is 11.3 Å². The van der Waals surface area contributed by atoms with Crippen LogP contribution in [-0.4, -0.2) is 11.0 Å². The maximum Gasteiger partial charge on any atom is 0.183 e. The van der Waals surface area contributed by atoms with E-state index < -0.39 is 0 Å². The number of hydrogen-bond donors (Lipinski definition) is 1. The van der Waals surface area contributed by atoms with Gasteiger partial charge in [0, 0.05) is 16.3 Å². The Labute approximate surface area is 110 Å². The Morgan fingerprint density at radius 3 is 2.82 bits per heavy atom. The molecule has 0 radical (unpaired) electrons. The highest BCUT2D eigenvalue weighted by atomic mass is 32.1. The van der Waals surface area contributed by atoms with Gasteiger partial charge in [0.1, 0.15) is 0 Å². The number of thiophene rings is 1. The highest BCUT2D eigenvalue weighted by molar-refractivity contribution is 7.16. The molecule has 0 saturated heterocycles. The van der Waals surface area contributed by atoms with Crippen LogP contribution in [0.2, 0.25) is 0 Å². The van der Waals surface area contributed by atoms with E-state index in [1.54, 1.807) is 11.3 Å². The van der Waals surface area contributed by atoms with Crippen molar-refractivity contribution >= 4 is 27.8 Å². The van der Waals surface area contributed by atoms with Gasteiger partial charge in [-0.3, -0.25) is 0 Å². The van der Waals surface area contributed by atoms with Gasteiger partial charge in [-0.05, 0) is 31.9 Å². The van der Waals surface area contributed by atoms with Gasteiger partial charge >= 0.3 is 0 Å². The number of hydrogen-bond acceptors (Lipinski definition) is 4. The zero-order valence-electron chi connectivity index (χ0n) is 9.90. The van der Waals surface area contributed by atoms with E-state index in [4.69, 9.17) is 0 Å². The van der Waals surface area contributed by atoms with E-state index in [-0.39, 0.29) is 0 Å². The number of thiazole rings is 1. The second kappa shape index (κ2) is 4.78. The van der Waals surface area contributed by atoms with Crippen molar-refractivity contribution in [2.24, 2.45) is 0 Å². The molecule has 1 aliphatic carbocycles. The van der Waals surface area contributed by atoms with Crippen LogP contribution in [0.15, 0.2) is 17.5 Å². The van der Waals surface area contributed by atoms with Crippen LogP contribution in [0.5, 0.6) is 0 Å². The molecular weight excluding hydrogens is 248 g/mol. The van der Waals surface area contributed by atoms with E-state index in [0.29, 0.717) is 6.04 Å². The molecule has 1 N–H and O–H groups in total. The first-order valence-corrected chi connectivity index (χ1v) is 7.80. The van der Waals surface area contributed by atoms with E-state index in [9.17, 15) is 0 Å². The molecule has 0 amide bonds. The molecule has 90 valence electrons. The van der Waals surface area contributed by atoms with Crippen LogP contribution < -0.4 is 5.32 Å². The summed E-state index contributed by atoms with van der Waals surface area (Å²) in [5.74, 6) is 0. The number of aryl methyl sites for hydroxylation is 1. The van der Waals surface area contributed by atoms with Crippen molar-refractivity contribution in [3.8, 4) is 10.6 Å². The summed E-state index contributed by atoms with van der Waals surface area (Å²) in [6.07, 6.45) is 5.32. The first kappa shape index (κ1) is 11.2. The smallest absolute Gasteiger partial charge is 0.183 e. The minimum Gasteiger partial charge on any atom is -0.359 e. The average molecular weight is 264 g/mol. The zero-order chi connectivity index (χ0) is 11.7. The second-order valence-electron chi connectivity index (χ2n) is 4.57. The fourth-order valence-electron chi connectivity index (χ4n) is 2.27. The first-order chi connectivity index (χ1) is 8.31. The molecule has 2 aromatic rings. The molecule has 2 nitrogen and oxygen atoms in total. The van der Waals surface area contributed by atoms with Gasteiger partial charge in [0.15, 0.2) is 5.13 Å². The van der Waals surface area contributed by atoms with Crippen molar-refractivity contribution in [1.82, 2.24) is 4.98 Å². The Bertz CT molecular complexity index is 495. The number of nitrogens with one attached hydrogen (secondary N) is 1. The van der Waals surface area contributed by atoms with Crippen LogP contribution in [0.3, 0.4) is 0 Å². The fraction of sp³-hybridized carbons (Fsp3) is 0.462. The number of anilines is 1. The Balaban J connectivity index is 1.73. The van der Waals surface area contributed by atoms with Gasteiger partial charge in [-0.1, -0.05) is 12.8 Å². The van der Waals surface area contributed by atoms with Crippen molar-refractivity contribution in [3.05, 3.63) is 22.4 Å². The third-order valence-corrected chi connectivity index (χ3v) is 4.98. The summed E-state index contributed by atoms with van der Waals surface area (Å²) in [6, 6.07) is 4.97. The molecule has 1 fully saturated rings. The SMILES string of the molecule is Cc1ccc(-c2csc(NC3CCCC3)n2)s1. The van der Waals surface area contributed by atoms with E-state index >= 15 is 0 Å². The van der Waals surface area contributed by atoms with Gasteiger partial charge in [-0.25, -0.2) is 4.98 Å². The third kappa shape index (κ3) is 2.53. The Hall–Kier alpha value is -0.870. The highest BCUT2D eigenvalue weighted by Crippen LogP contribution is 2.31. The van der Waals surface area contributed by atoms with Crippen molar-refractivity contribution in [2.45, 2.75) is 38.6 Å². The standard InChI is InChI=1S/C13H16N2S2/c1-9-6-7-12(17-9)11-8-16-13(15-11)14-10-4-2-3-5-10/h6-8,10H,2-5H2,1H3,(H,14,15). The lowest BCUT2D eigenvalue weighted by Crippen LogP contribution is -2.13. The van der Waals surface area contributed by atoms with Gasteiger partial charge in [0.2, 0.25) is 0 Å². The molecule has 1 saturated carbocycles. The summed E-state index contributed by atoms with van der Waals surface area (Å²) in [6.45, 7) is 2.14. The van der Waals surface area contributed by atoms with Crippen LogP contribution in [0.4, 0.5) is 5.13 Å². The summed E-state index contributed by atoms with van der Waals surface area (Å²) >= 11 is 3.54. The molecule has 0 spiro atoms. The lowest BCUT2D eigenvalue weighted by Gasteiger charge is -2.09. The minimum atomic E-state index is 0.652. The predicted molar refractivity (Wildman–Crippen MR) is 76.0 cm³/mol. The van der Waals surface area contributed by atoms with Gasteiger partial charge in [-0.15, -0.1) is 22.7 Å². The molecule has 3 rings (SSSR count). The first-order valence-electron chi connectivity index (χ1n) is 6.10. The quantitative estimate of drug-likeness (QED) is 0.880. The van der Waals surface area contributed by atoms with Crippen LogP contribution in [0.25, 0.3) is 10.6 Å². The summed E-state index contributed by atoms with van der Waals surface area (Å²) in [7, 11) is 0. The zero-order valence-corrected chi connectivity index (χ0v) is 11.5. The van der Waals surface area contributed by atoms with Crippen molar-refractivity contribution in [2.75, 3.05) is 5.32 Å². The summed E-state index contributed by atoms with van der Waals surface area (Å²) in [5.41, 5.74) is 1.12. The molecule has 0 unspecified atom stereocenters. The van der Waals surface area contributed by atoms with Gasteiger partial charge in [0.05, 0.1) is 10.6 Å². The number of nitrogens with zero attached hydrogens (tertiary/aromatic N) is 1. The van der Waals surface area contributed by atoms with Crippen LogP contribution in [0.1, 0.15) is 30.6 Å². The topological polar surface area (TPSA) is 24.9 Å². The molecule has 0 atom stereocenters. The number of aromatic nitrogens is 1. The van der Waals surface area contributed by atoms with Gasteiger partial charge in [0.25, 0.3) is 0 Å². The van der Waals surface area contributed by atoms with Crippen LogP contribution in [-0.2, 0) is 0 Å². The molecule has 2 heterocycles. The third-order valence-electron chi connectivity index (χ3n) is 3.18. The van der Waals surface area contributed by atoms with Gasteiger partial charge < -0.3 is 5.32 Å². The maximum atomic E-state index is 4.68. The van der Waals surface area contributed by atoms with E-state index in [1.165, 1.54) is 35.4 Å². The maximum absolute atomic E-state index is 4.68. The molecular formula is C13H16N2S2. The lowest BCUT2D eigenvalue weighted by atomic mass is 10.3. The Kier molecular flexibility index (Phi) is 3.16. The molecule has 2 aromatic heterocycles. The predicted octanol–water partition coefficient (Wildman–Crippen LogP) is 4.53. The molecule has 0 aromatic carbocycles. The molecule has 1 aliphatic rings. The second-order valence-corrected chi connectivity index (χ2v) is 6.72. The Morgan fingerprint density at radius 1 is 1.29 bits per heavy atom. The molecule has 4 heteroatoms.